The summed E-state index contributed by atoms with van der Waals surface area (Å²) in [6, 6.07) is 5.88. The number of ether oxygens (including phenoxy) is 1. The van der Waals surface area contributed by atoms with Gasteiger partial charge in [0.05, 0.1) is 12.8 Å². The Hall–Kier alpha value is -1.97. The Bertz CT molecular complexity index is 464. The van der Waals surface area contributed by atoms with Gasteiger partial charge in [0.25, 0.3) is 0 Å². The fourth-order valence-corrected chi connectivity index (χ4v) is 1.77. The second-order valence-electron chi connectivity index (χ2n) is 3.90. The van der Waals surface area contributed by atoms with E-state index in [1.54, 1.807) is 20.4 Å². The van der Waals surface area contributed by atoms with Crippen LogP contribution in [0, 0.1) is 0 Å². The predicted molar refractivity (Wildman–Crippen MR) is 78.4 cm³/mol. The van der Waals surface area contributed by atoms with Crippen LogP contribution >= 0.6 is 0 Å². The molecule has 0 spiro atoms. The van der Waals surface area contributed by atoms with Gasteiger partial charge in [0.15, 0.2) is 5.75 Å². The first kappa shape index (κ1) is 14.1. The fraction of sp³-hybridized carbons (Fsp3) is 0.357. The molecule has 4 nitrogen and oxygen atoms in total. The maximum Gasteiger partial charge on any atom is 0.151 e. The lowest BCUT2D eigenvalue weighted by Crippen LogP contribution is -2.06. The third-order valence-electron chi connectivity index (χ3n) is 2.62. The summed E-state index contributed by atoms with van der Waals surface area (Å²) >= 11 is 0. The van der Waals surface area contributed by atoms with Crippen LogP contribution < -0.4 is 15.8 Å². The van der Waals surface area contributed by atoms with Gasteiger partial charge in [0, 0.05) is 31.1 Å². The van der Waals surface area contributed by atoms with E-state index in [1.165, 1.54) is 0 Å². The number of rotatable bonds is 5. The molecule has 1 aromatic carbocycles. The molecular formula is C14H21N3O. The third-order valence-corrected chi connectivity index (χ3v) is 2.62. The second-order valence-corrected chi connectivity index (χ2v) is 3.90. The Morgan fingerprint density at radius 1 is 1.50 bits per heavy atom. The zero-order valence-corrected chi connectivity index (χ0v) is 11.4. The number of hydrogen-bond acceptors (Lipinski definition) is 4. The van der Waals surface area contributed by atoms with E-state index in [4.69, 9.17) is 10.5 Å². The molecule has 0 bridgehead atoms. The van der Waals surface area contributed by atoms with Crippen molar-refractivity contribution in [3.8, 4) is 5.75 Å². The van der Waals surface area contributed by atoms with Gasteiger partial charge >= 0.3 is 0 Å². The molecule has 0 saturated heterocycles. The summed E-state index contributed by atoms with van der Waals surface area (Å²) in [4.78, 5) is 3.98. The van der Waals surface area contributed by atoms with Gasteiger partial charge in [-0.2, -0.15) is 0 Å². The van der Waals surface area contributed by atoms with Gasteiger partial charge in [0.1, 0.15) is 0 Å². The lowest BCUT2D eigenvalue weighted by atomic mass is 10.1. The number of nitrogens with one attached hydrogen (secondary N) is 1. The van der Waals surface area contributed by atoms with Crippen LogP contribution in [0.15, 0.2) is 28.8 Å². The molecule has 0 fully saturated rings. The number of anilines is 1. The quantitative estimate of drug-likeness (QED) is 0.786. The molecule has 0 heterocycles. The minimum absolute atomic E-state index is 0.678. The standard InChI is InChI=1S/C14H21N3O/c1-5-17-12-8-6-7-11(14(12)18-4)13(15)10(2)9-16-3/h6-9,17H,5,15H2,1-4H3. The van der Waals surface area contributed by atoms with Gasteiger partial charge in [-0.05, 0) is 31.6 Å². The maximum atomic E-state index is 6.15. The summed E-state index contributed by atoms with van der Waals surface area (Å²) in [5.41, 5.74) is 9.57. The largest absolute Gasteiger partial charge is 0.494 e. The zero-order chi connectivity index (χ0) is 13.5. The normalized spacial score (nSPS) is 12.4. The topological polar surface area (TPSA) is 59.6 Å². The van der Waals surface area contributed by atoms with Crippen molar-refractivity contribution >= 4 is 17.6 Å². The minimum Gasteiger partial charge on any atom is -0.494 e. The van der Waals surface area contributed by atoms with E-state index in [9.17, 15) is 0 Å². The van der Waals surface area contributed by atoms with Crippen molar-refractivity contribution in [1.29, 1.82) is 0 Å². The van der Waals surface area contributed by atoms with E-state index >= 15 is 0 Å². The van der Waals surface area contributed by atoms with Crippen molar-refractivity contribution in [1.82, 2.24) is 0 Å². The zero-order valence-electron chi connectivity index (χ0n) is 11.4. The van der Waals surface area contributed by atoms with Crippen molar-refractivity contribution in [2.75, 3.05) is 26.0 Å². The molecule has 0 aliphatic carbocycles. The van der Waals surface area contributed by atoms with Crippen molar-refractivity contribution in [3.63, 3.8) is 0 Å². The van der Waals surface area contributed by atoms with Crippen molar-refractivity contribution in [2.45, 2.75) is 13.8 Å². The molecule has 0 aromatic heterocycles. The summed E-state index contributed by atoms with van der Waals surface area (Å²) in [6.07, 6.45) is 1.74. The van der Waals surface area contributed by atoms with E-state index in [0.29, 0.717) is 5.70 Å². The van der Waals surface area contributed by atoms with Crippen LogP contribution in [0.3, 0.4) is 0 Å². The predicted octanol–water partition coefficient (Wildman–Crippen LogP) is 2.52. The highest BCUT2D eigenvalue weighted by molar-refractivity contribution is 5.91. The first-order chi connectivity index (χ1) is 8.65. The van der Waals surface area contributed by atoms with Crippen molar-refractivity contribution in [3.05, 3.63) is 29.3 Å². The minimum atomic E-state index is 0.678. The molecule has 0 saturated carbocycles. The van der Waals surface area contributed by atoms with Gasteiger partial charge in [-0.3, -0.25) is 4.99 Å². The van der Waals surface area contributed by atoms with Crippen LogP contribution in [-0.4, -0.2) is 26.9 Å². The summed E-state index contributed by atoms with van der Waals surface area (Å²) < 4.78 is 5.46. The van der Waals surface area contributed by atoms with E-state index < -0.39 is 0 Å². The lowest BCUT2D eigenvalue weighted by Gasteiger charge is -2.15. The number of benzene rings is 1. The van der Waals surface area contributed by atoms with Gasteiger partial charge < -0.3 is 15.8 Å². The number of nitrogens with zero attached hydrogens (tertiary/aromatic N) is 1. The highest BCUT2D eigenvalue weighted by Crippen LogP contribution is 2.32. The van der Waals surface area contributed by atoms with Crippen LogP contribution in [0.25, 0.3) is 5.70 Å². The Kier molecular flexibility index (Phi) is 5.24. The molecule has 4 heteroatoms. The third kappa shape index (κ3) is 3.03. The molecular weight excluding hydrogens is 226 g/mol. The van der Waals surface area contributed by atoms with E-state index in [2.05, 4.69) is 10.3 Å². The number of para-hydroxylation sites is 1. The Morgan fingerprint density at radius 3 is 2.78 bits per heavy atom. The Balaban J connectivity index is 3.32. The van der Waals surface area contributed by atoms with Crippen LogP contribution in [0.5, 0.6) is 5.75 Å². The molecule has 0 aliphatic heterocycles. The van der Waals surface area contributed by atoms with Gasteiger partial charge in [0.2, 0.25) is 0 Å². The average molecular weight is 247 g/mol. The van der Waals surface area contributed by atoms with E-state index in [1.807, 2.05) is 32.0 Å². The molecule has 0 radical (unpaired) electrons. The van der Waals surface area contributed by atoms with Crippen molar-refractivity contribution < 1.29 is 4.74 Å². The first-order valence-electron chi connectivity index (χ1n) is 5.95. The van der Waals surface area contributed by atoms with Gasteiger partial charge in [-0.1, -0.05) is 6.07 Å². The highest BCUT2D eigenvalue weighted by Gasteiger charge is 2.11. The number of hydrogen-bond donors (Lipinski definition) is 2. The Morgan fingerprint density at radius 2 is 2.22 bits per heavy atom. The number of aliphatic imine (C=N–C) groups is 1. The van der Waals surface area contributed by atoms with Crippen LogP contribution in [0.4, 0.5) is 5.69 Å². The number of nitrogens with two attached hydrogens (primary N) is 1. The number of allylic oxidation sites excluding steroid dienone is 1. The summed E-state index contributed by atoms with van der Waals surface area (Å²) in [5.74, 6) is 0.765. The molecule has 1 rings (SSSR count). The molecule has 3 N–H and O–H groups in total. The van der Waals surface area contributed by atoms with Crippen molar-refractivity contribution in [2.24, 2.45) is 10.7 Å². The molecule has 0 aliphatic rings. The molecule has 98 valence electrons. The first-order valence-corrected chi connectivity index (χ1v) is 5.95. The Labute approximate surface area is 109 Å². The summed E-state index contributed by atoms with van der Waals surface area (Å²) in [6.45, 7) is 4.81. The molecule has 0 amide bonds. The smallest absolute Gasteiger partial charge is 0.151 e. The second kappa shape index (κ2) is 6.69. The molecule has 18 heavy (non-hydrogen) atoms. The van der Waals surface area contributed by atoms with Crippen LogP contribution in [-0.2, 0) is 0 Å². The lowest BCUT2D eigenvalue weighted by molar-refractivity contribution is 0.415. The van der Waals surface area contributed by atoms with Crippen LogP contribution in [0.2, 0.25) is 0 Å². The molecule has 1 aromatic rings. The summed E-state index contributed by atoms with van der Waals surface area (Å²) in [7, 11) is 3.37. The van der Waals surface area contributed by atoms with Crippen LogP contribution in [0.1, 0.15) is 19.4 Å². The molecule has 0 atom stereocenters. The maximum absolute atomic E-state index is 6.15. The number of methoxy groups -OCH3 is 1. The fourth-order valence-electron chi connectivity index (χ4n) is 1.77. The average Bonchev–Trinajstić information content (AvgIpc) is 2.38. The summed E-state index contributed by atoms with van der Waals surface area (Å²) in [5, 5.41) is 3.26. The molecule has 0 unspecified atom stereocenters. The van der Waals surface area contributed by atoms with Gasteiger partial charge in [-0.15, -0.1) is 0 Å². The van der Waals surface area contributed by atoms with E-state index in [0.717, 1.165) is 29.1 Å². The van der Waals surface area contributed by atoms with E-state index in [-0.39, 0.29) is 0 Å². The monoisotopic (exact) mass is 247 g/mol. The SMILES string of the molecule is CCNc1cccc(C(N)=C(C)C=NC)c1OC. The van der Waals surface area contributed by atoms with Gasteiger partial charge in [-0.25, -0.2) is 0 Å². The highest BCUT2D eigenvalue weighted by atomic mass is 16.5.